The largest absolute Gasteiger partial charge is 0.478 e. The number of rotatable bonds is 6. The number of benzene rings is 2. The van der Waals surface area contributed by atoms with Crippen LogP contribution in [0.4, 0.5) is 24.7 Å². The van der Waals surface area contributed by atoms with Crippen molar-refractivity contribution in [3.63, 3.8) is 0 Å². The van der Waals surface area contributed by atoms with Crippen molar-refractivity contribution in [1.82, 2.24) is 4.98 Å². The Morgan fingerprint density at radius 2 is 1.71 bits per heavy atom. The predicted octanol–water partition coefficient (Wildman–Crippen LogP) is 3.74. The third-order valence-corrected chi connectivity index (χ3v) is 4.51. The van der Waals surface area contributed by atoms with Crippen LogP contribution in [0.2, 0.25) is 0 Å². The van der Waals surface area contributed by atoms with E-state index in [9.17, 15) is 47.9 Å². The molecule has 14 heteroatoms. The molecule has 0 bridgehead atoms. The summed E-state index contributed by atoms with van der Waals surface area (Å²) in [6, 6.07) is 6.16. The van der Waals surface area contributed by atoms with Gasteiger partial charge in [0.2, 0.25) is 5.75 Å². The van der Waals surface area contributed by atoms with Gasteiger partial charge in [0, 0.05) is 11.6 Å². The fourth-order valence-electron chi connectivity index (χ4n) is 3.10. The first-order valence-corrected chi connectivity index (χ1v) is 8.97. The Morgan fingerprint density at radius 3 is 2.26 bits per heavy atom. The fraction of sp³-hybridized carbons (Fsp3) is 0.0500. The van der Waals surface area contributed by atoms with Crippen molar-refractivity contribution in [3.05, 3.63) is 79.6 Å². The Balaban J connectivity index is 2.22. The van der Waals surface area contributed by atoms with Gasteiger partial charge in [0.15, 0.2) is 0 Å². The molecule has 3 aromatic rings. The minimum Gasteiger partial charge on any atom is -0.478 e. The zero-order chi connectivity index (χ0) is 25.4. The molecular weight excluding hydrogens is 467 g/mol. The number of aromatic carboxylic acids is 2. The van der Waals surface area contributed by atoms with Crippen LogP contribution in [0.25, 0.3) is 11.1 Å². The number of hydrogen-bond acceptors (Lipinski definition) is 7. The third-order valence-electron chi connectivity index (χ3n) is 4.51. The molecule has 1 heterocycles. The number of nitrogen functional groups attached to an aromatic ring is 1. The zero-order valence-electron chi connectivity index (χ0n) is 16.5. The molecule has 0 unspecified atom stereocenters. The highest BCUT2D eigenvalue weighted by Gasteiger charge is 2.31. The van der Waals surface area contributed by atoms with E-state index in [4.69, 9.17) is 10.5 Å². The van der Waals surface area contributed by atoms with E-state index in [0.717, 1.165) is 36.4 Å². The van der Waals surface area contributed by atoms with Crippen molar-refractivity contribution in [2.45, 2.75) is 6.18 Å². The van der Waals surface area contributed by atoms with E-state index in [2.05, 4.69) is 0 Å². The second-order valence-corrected chi connectivity index (χ2v) is 6.67. The SMILES string of the molecule is Nc1[nH]c(=O)c(C(=O)O)c(-c2ccc(Oc3cccc(C(F)(F)F)c3)c([N+](=O)[O-])c2)c1C(=O)O. The normalized spacial score (nSPS) is 11.1. The summed E-state index contributed by atoms with van der Waals surface area (Å²) in [6.07, 6.45) is -4.70. The lowest BCUT2D eigenvalue weighted by molar-refractivity contribution is -0.385. The molecule has 1 aromatic heterocycles. The van der Waals surface area contributed by atoms with E-state index in [0.29, 0.717) is 6.07 Å². The Labute approximate surface area is 186 Å². The number of pyridine rings is 1. The van der Waals surface area contributed by atoms with Crippen LogP contribution >= 0.6 is 0 Å². The van der Waals surface area contributed by atoms with Crippen LogP contribution in [-0.4, -0.2) is 32.1 Å². The lowest BCUT2D eigenvalue weighted by Gasteiger charge is -2.13. The number of alkyl halides is 3. The Kier molecular flexibility index (Phi) is 5.99. The van der Waals surface area contributed by atoms with Gasteiger partial charge in [0.25, 0.3) is 5.56 Å². The number of ether oxygens (including phenoxy) is 1. The van der Waals surface area contributed by atoms with Crippen LogP contribution in [0.1, 0.15) is 26.3 Å². The standard InChI is InChI=1S/C20H12F3N3O8/c21-20(22,23)9-2-1-3-10(7-9)34-12-5-4-8(6-11(12)26(32)33)13-14(18(28)29)16(24)25-17(27)15(13)19(30)31/h1-7H,(H,28,29)(H,30,31)(H3,24,25,27). The summed E-state index contributed by atoms with van der Waals surface area (Å²) >= 11 is 0. The number of nitrogens with one attached hydrogen (secondary N) is 1. The number of nitrogens with zero attached hydrogens (tertiary/aromatic N) is 1. The van der Waals surface area contributed by atoms with Crippen LogP contribution in [-0.2, 0) is 6.18 Å². The first-order valence-electron chi connectivity index (χ1n) is 8.97. The van der Waals surface area contributed by atoms with Crippen molar-refractivity contribution < 1.29 is 42.6 Å². The van der Waals surface area contributed by atoms with Gasteiger partial charge < -0.3 is 25.7 Å². The number of nitrogens with two attached hydrogens (primary N) is 1. The highest BCUT2D eigenvalue weighted by molar-refractivity contribution is 6.07. The number of carboxylic acid groups (broad SMARTS) is 2. The number of carboxylic acids is 2. The molecule has 34 heavy (non-hydrogen) atoms. The molecule has 5 N–H and O–H groups in total. The van der Waals surface area contributed by atoms with E-state index >= 15 is 0 Å². The lowest BCUT2D eigenvalue weighted by Crippen LogP contribution is -2.24. The Hall–Kier alpha value is -4.88. The van der Waals surface area contributed by atoms with E-state index in [-0.39, 0.29) is 11.3 Å². The molecule has 0 saturated heterocycles. The summed E-state index contributed by atoms with van der Waals surface area (Å²) in [4.78, 5) is 48.0. The lowest BCUT2D eigenvalue weighted by atomic mass is 9.95. The van der Waals surface area contributed by atoms with Gasteiger partial charge in [0.05, 0.1) is 10.5 Å². The number of hydrogen-bond donors (Lipinski definition) is 4. The molecule has 0 amide bonds. The van der Waals surface area contributed by atoms with Gasteiger partial charge in [0.1, 0.15) is 22.7 Å². The van der Waals surface area contributed by atoms with Crippen molar-refractivity contribution in [2.24, 2.45) is 0 Å². The van der Waals surface area contributed by atoms with Gasteiger partial charge >= 0.3 is 23.8 Å². The first-order chi connectivity index (χ1) is 15.8. The van der Waals surface area contributed by atoms with Gasteiger partial charge in [-0.1, -0.05) is 12.1 Å². The molecule has 0 fully saturated rings. The monoisotopic (exact) mass is 479 g/mol. The number of nitro groups is 1. The van der Waals surface area contributed by atoms with Gasteiger partial charge in [-0.05, 0) is 29.8 Å². The molecule has 0 radical (unpaired) electrons. The number of halogens is 3. The van der Waals surface area contributed by atoms with Crippen molar-refractivity contribution >= 4 is 23.4 Å². The van der Waals surface area contributed by atoms with Gasteiger partial charge in [-0.15, -0.1) is 0 Å². The summed E-state index contributed by atoms with van der Waals surface area (Å²) < 4.78 is 44.0. The predicted molar refractivity (Wildman–Crippen MR) is 109 cm³/mol. The minimum atomic E-state index is -4.70. The molecule has 0 aliphatic rings. The molecule has 11 nitrogen and oxygen atoms in total. The molecule has 0 saturated carbocycles. The second kappa shape index (κ2) is 8.57. The summed E-state index contributed by atoms with van der Waals surface area (Å²) in [7, 11) is 0. The molecular formula is C20H12F3N3O8. The average molecular weight is 479 g/mol. The van der Waals surface area contributed by atoms with E-state index in [1.165, 1.54) is 0 Å². The van der Waals surface area contributed by atoms with Crippen LogP contribution in [0.3, 0.4) is 0 Å². The summed E-state index contributed by atoms with van der Waals surface area (Å²) in [5, 5.41) is 30.5. The topological polar surface area (TPSA) is 186 Å². The molecule has 0 atom stereocenters. The molecule has 0 aliphatic carbocycles. The van der Waals surface area contributed by atoms with E-state index < -0.39 is 68.1 Å². The number of nitro benzene ring substituents is 1. The summed E-state index contributed by atoms with van der Waals surface area (Å²) in [5.74, 6) is -5.16. The number of H-pyrrole nitrogens is 1. The first kappa shape index (κ1) is 23.8. The van der Waals surface area contributed by atoms with Gasteiger partial charge in [-0.2, -0.15) is 13.2 Å². The molecule has 0 spiro atoms. The van der Waals surface area contributed by atoms with Crippen molar-refractivity contribution in [3.8, 4) is 22.6 Å². The fourth-order valence-corrected chi connectivity index (χ4v) is 3.10. The van der Waals surface area contributed by atoms with Gasteiger partial charge in [-0.25, -0.2) is 9.59 Å². The quantitative estimate of drug-likeness (QED) is 0.302. The molecule has 2 aromatic carbocycles. The average Bonchev–Trinajstić information content (AvgIpc) is 2.72. The minimum absolute atomic E-state index is 0.379. The Bertz CT molecular complexity index is 1400. The number of aromatic nitrogens is 1. The van der Waals surface area contributed by atoms with Crippen LogP contribution in [0.5, 0.6) is 11.5 Å². The maximum absolute atomic E-state index is 12.9. The van der Waals surface area contributed by atoms with E-state index in [1.807, 2.05) is 4.98 Å². The maximum Gasteiger partial charge on any atom is 0.416 e. The molecule has 0 aliphatic heterocycles. The highest BCUT2D eigenvalue weighted by Crippen LogP contribution is 2.39. The Morgan fingerprint density at radius 1 is 1.06 bits per heavy atom. The smallest absolute Gasteiger partial charge is 0.416 e. The molecule has 176 valence electrons. The molecule has 3 rings (SSSR count). The van der Waals surface area contributed by atoms with Gasteiger partial charge in [-0.3, -0.25) is 14.9 Å². The van der Waals surface area contributed by atoms with Crippen LogP contribution < -0.4 is 16.0 Å². The van der Waals surface area contributed by atoms with Crippen LogP contribution in [0.15, 0.2) is 47.3 Å². The zero-order valence-corrected chi connectivity index (χ0v) is 16.5. The highest BCUT2D eigenvalue weighted by atomic mass is 19.4. The number of aromatic amines is 1. The van der Waals surface area contributed by atoms with E-state index in [1.54, 1.807) is 0 Å². The second-order valence-electron chi connectivity index (χ2n) is 6.67. The van der Waals surface area contributed by atoms with Crippen LogP contribution in [0, 0.1) is 10.1 Å². The summed E-state index contributed by atoms with van der Waals surface area (Å²) in [6.45, 7) is 0. The van der Waals surface area contributed by atoms with Crippen molar-refractivity contribution in [2.75, 3.05) is 5.73 Å². The third kappa shape index (κ3) is 4.50. The summed E-state index contributed by atoms with van der Waals surface area (Å²) in [5.41, 5.74) is -0.573. The van der Waals surface area contributed by atoms with Crippen molar-refractivity contribution in [1.29, 1.82) is 0 Å². The number of carbonyl (C=O) groups is 2. The number of anilines is 1. The maximum atomic E-state index is 12.9.